The van der Waals surface area contributed by atoms with E-state index in [1.54, 1.807) is 13.8 Å². The normalized spacial score (nSPS) is 18.2. The van der Waals surface area contributed by atoms with Crippen molar-refractivity contribution in [1.82, 2.24) is 14.9 Å². The molecular formula is C17H27N3O4S. The molecule has 0 radical (unpaired) electrons. The SMILES string of the molecule is CCN(CC)S(=O)(=O)c1ccc(OC)c(C(=O)N[C@H]2CCCNC2)c1. The quantitative estimate of drug-likeness (QED) is 0.754. The fraction of sp³-hybridized carbons (Fsp3) is 0.588. The fourth-order valence-electron chi connectivity index (χ4n) is 2.98. The van der Waals surface area contributed by atoms with Gasteiger partial charge in [0.15, 0.2) is 0 Å². The van der Waals surface area contributed by atoms with Crippen LogP contribution in [-0.4, -0.2) is 58.0 Å². The van der Waals surface area contributed by atoms with Crippen LogP contribution in [0.2, 0.25) is 0 Å². The van der Waals surface area contributed by atoms with Gasteiger partial charge in [-0.05, 0) is 37.6 Å². The molecule has 1 aliphatic rings. The summed E-state index contributed by atoms with van der Waals surface area (Å²) < 4.78 is 32.0. The van der Waals surface area contributed by atoms with Crippen molar-refractivity contribution in [3.8, 4) is 5.75 Å². The second-order valence-corrected chi connectivity index (χ2v) is 7.91. The van der Waals surface area contributed by atoms with Gasteiger partial charge in [-0.15, -0.1) is 0 Å². The van der Waals surface area contributed by atoms with Crippen LogP contribution >= 0.6 is 0 Å². The first kappa shape index (κ1) is 19.7. The molecule has 1 aromatic rings. The average Bonchev–Trinajstić information content (AvgIpc) is 2.62. The van der Waals surface area contributed by atoms with Crippen molar-refractivity contribution >= 4 is 15.9 Å². The van der Waals surface area contributed by atoms with Gasteiger partial charge in [0, 0.05) is 25.7 Å². The van der Waals surface area contributed by atoms with Crippen LogP contribution in [0, 0.1) is 0 Å². The van der Waals surface area contributed by atoms with Crippen molar-refractivity contribution in [2.24, 2.45) is 0 Å². The Bertz CT molecular complexity index is 696. The maximum atomic E-state index is 12.7. The third kappa shape index (κ3) is 4.50. The minimum Gasteiger partial charge on any atom is -0.496 e. The zero-order valence-electron chi connectivity index (χ0n) is 15.0. The molecule has 1 amide bonds. The first-order chi connectivity index (χ1) is 11.9. The Morgan fingerprint density at radius 1 is 1.36 bits per heavy atom. The molecule has 140 valence electrons. The number of benzene rings is 1. The number of hydrogen-bond acceptors (Lipinski definition) is 5. The molecule has 1 atom stereocenters. The number of sulfonamides is 1. The number of hydrogen-bond donors (Lipinski definition) is 2. The van der Waals surface area contributed by atoms with Crippen LogP contribution in [0.15, 0.2) is 23.1 Å². The van der Waals surface area contributed by atoms with Crippen LogP contribution < -0.4 is 15.4 Å². The van der Waals surface area contributed by atoms with Crippen LogP contribution in [0.4, 0.5) is 0 Å². The van der Waals surface area contributed by atoms with Crippen LogP contribution in [0.3, 0.4) is 0 Å². The summed E-state index contributed by atoms with van der Waals surface area (Å²) in [5.41, 5.74) is 0.237. The highest BCUT2D eigenvalue weighted by molar-refractivity contribution is 7.89. The molecule has 1 saturated heterocycles. The molecule has 1 aliphatic heterocycles. The van der Waals surface area contributed by atoms with Crippen LogP contribution in [0.1, 0.15) is 37.0 Å². The Morgan fingerprint density at radius 2 is 2.08 bits per heavy atom. The number of piperidine rings is 1. The molecule has 2 rings (SSSR count). The molecule has 25 heavy (non-hydrogen) atoms. The highest BCUT2D eigenvalue weighted by atomic mass is 32.2. The van der Waals surface area contributed by atoms with Crippen molar-refractivity contribution < 1.29 is 17.9 Å². The van der Waals surface area contributed by atoms with Gasteiger partial charge in [-0.25, -0.2) is 8.42 Å². The van der Waals surface area contributed by atoms with Gasteiger partial charge in [0.2, 0.25) is 10.0 Å². The number of rotatable bonds is 7. The third-order valence-electron chi connectivity index (χ3n) is 4.39. The van der Waals surface area contributed by atoms with Gasteiger partial charge in [0.05, 0.1) is 17.6 Å². The van der Waals surface area contributed by atoms with Gasteiger partial charge >= 0.3 is 0 Å². The highest BCUT2D eigenvalue weighted by Gasteiger charge is 2.25. The summed E-state index contributed by atoms with van der Waals surface area (Å²) >= 11 is 0. The number of nitrogens with zero attached hydrogens (tertiary/aromatic N) is 1. The predicted molar refractivity (Wildman–Crippen MR) is 96.5 cm³/mol. The van der Waals surface area contributed by atoms with Crippen molar-refractivity contribution in [3.05, 3.63) is 23.8 Å². The minimum atomic E-state index is -3.63. The Balaban J connectivity index is 2.31. The van der Waals surface area contributed by atoms with E-state index in [-0.39, 0.29) is 22.4 Å². The summed E-state index contributed by atoms with van der Waals surface area (Å²) in [5.74, 6) is 0.0434. The Hall–Kier alpha value is -1.64. The predicted octanol–water partition coefficient (Wildman–Crippen LogP) is 1.21. The van der Waals surface area contributed by atoms with Gasteiger partial charge < -0.3 is 15.4 Å². The van der Waals surface area contributed by atoms with Crippen LogP contribution in [0.5, 0.6) is 5.75 Å². The zero-order valence-corrected chi connectivity index (χ0v) is 15.9. The first-order valence-electron chi connectivity index (χ1n) is 8.63. The molecule has 1 aromatic carbocycles. The van der Waals surface area contributed by atoms with Gasteiger partial charge in [-0.2, -0.15) is 4.31 Å². The molecule has 2 N–H and O–H groups in total. The lowest BCUT2D eigenvalue weighted by Gasteiger charge is -2.24. The lowest BCUT2D eigenvalue weighted by molar-refractivity contribution is 0.0927. The summed E-state index contributed by atoms with van der Waals surface area (Å²) in [6.45, 7) is 5.99. The van der Waals surface area contributed by atoms with Gasteiger partial charge in [0.1, 0.15) is 5.75 Å². The summed E-state index contributed by atoms with van der Waals surface area (Å²) in [6.07, 6.45) is 1.90. The molecule has 0 aromatic heterocycles. The largest absolute Gasteiger partial charge is 0.496 e. The van der Waals surface area contributed by atoms with E-state index in [0.717, 1.165) is 19.4 Å². The summed E-state index contributed by atoms with van der Waals surface area (Å²) in [4.78, 5) is 12.8. The van der Waals surface area contributed by atoms with E-state index < -0.39 is 10.0 Å². The third-order valence-corrected chi connectivity index (χ3v) is 6.44. The van der Waals surface area contributed by atoms with Crippen molar-refractivity contribution in [2.45, 2.75) is 37.6 Å². The first-order valence-corrected chi connectivity index (χ1v) is 10.1. The Kier molecular flexibility index (Phi) is 6.80. The van der Waals surface area contributed by atoms with Crippen LogP contribution in [-0.2, 0) is 10.0 Å². The Labute approximate surface area is 149 Å². The molecule has 7 nitrogen and oxygen atoms in total. The van der Waals surface area contributed by atoms with E-state index >= 15 is 0 Å². The molecule has 0 saturated carbocycles. The number of carbonyl (C=O) groups is 1. The minimum absolute atomic E-state index is 0.0361. The average molecular weight is 369 g/mol. The molecule has 1 fully saturated rings. The van der Waals surface area contributed by atoms with Gasteiger partial charge in [0.25, 0.3) is 5.91 Å². The Morgan fingerprint density at radius 3 is 2.64 bits per heavy atom. The topological polar surface area (TPSA) is 87.7 Å². The number of ether oxygens (including phenoxy) is 1. The highest BCUT2D eigenvalue weighted by Crippen LogP contribution is 2.25. The van der Waals surface area contributed by atoms with Crippen LogP contribution in [0.25, 0.3) is 0 Å². The maximum absolute atomic E-state index is 12.7. The molecule has 1 heterocycles. The van der Waals surface area contributed by atoms with Gasteiger partial charge in [-0.3, -0.25) is 4.79 Å². The molecule has 0 bridgehead atoms. The number of methoxy groups -OCH3 is 1. The number of carbonyl (C=O) groups excluding carboxylic acids is 1. The van der Waals surface area contributed by atoms with E-state index in [1.165, 1.54) is 29.6 Å². The standard InChI is InChI=1S/C17H27N3O4S/c1-4-20(5-2)25(22,23)14-8-9-16(24-3)15(11-14)17(21)19-13-7-6-10-18-12-13/h8-9,11,13,18H,4-7,10,12H2,1-3H3,(H,19,21)/t13-/m0/s1. The molecule has 0 spiro atoms. The van der Waals surface area contributed by atoms with E-state index in [1.807, 2.05) is 0 Å². The lowest BCUT2D eigenvalue weighted by Crippen LogP contribution is -2.45. The monoisotopic (exact) mass is 369 g/mol. The summed E-state index contributed by atoms with van der Waals surface area (Å²) in [5, 5.41) is 6.19. The van der Waals surface area contributed by atoms with E-state index in [9.17, 15) is 13.2 Å². The molecular weight excluding hydrogens is 342 g/mol. The van der Waals surface area contributed by atoms with E-state index in [2.05, 4.69) is 10.6 Å². The molecule has 8 heteroatoms. The second kappa shape index (κ2) is 8.64. The van der Waals surface area contributed by atoms with Crippen molar-refractivity contribution in [1.29, 1.82) is 0 Å². The number of amides is 1. The van der Waals surface area contributed by atoms with Gasteiger partial charge in [-0.1, -0.05) is 13.8 Å². The number of nitrogens with one attached hydrogen (secondary N) is 2. The smallest absolute Gasteiger partial charge is 0.255 e. The zero-order chi connectivity index (χ0) is 18.4. The lowest BCUT2D eigenvalue weighted by atomic mass is 10.1. The van der Waals surface area contributed by atoms with Crippen molar-refractivity contribution in [2.75, 3.05) is 33.3 Å². The summed E-state index contributed by atoms with van der Waals surface area (Å²) in [6, 6.07) is 4.45. The maximum Gasteiger partial charge on any atom is 0.255 e. The molecule has 0 aliphatic carbocycles. The van der Waals surface area contributed by atoms with E-state index in [4.69, 9.17) is 4.74 Å². The van der Waals surface area contributed by atoms with Crippen molar-refractivity contribution in [3.63, 3.8) is 0 Å². The molecule has 0 unspecified atom stereocenters. The summed E-state index contributed by atoms with van der Waals surface area (Å²) in [7, 11) is -2.16. The second-order valence-electron chi connectivity index (χ2n) is 5.97. The fourth-order valence-corrected chi connectivity index (χ4v) is 4.46. The van der Waals surface area contributed by atoms with E-state index in [0.29, 0.717) is 25.4 Å².